The molecule has 1 aromatic carbocycles. The summed E-state index contributed by atoms with van der Waals surface area (Å²) < 4.78 is 9.69. The zero-order valence-electron chi connectivity index (χ0n) is 17.3. The Kier molecular flexibility index (Phi) is 6.35. The highest BCUT2D eigenvalue weighted by atomic mass is 32.2. The molecule has 0 radical (unpaired) electrons. The molecule has 28 heavy (non-hydrogen) atoms. The third-order valence-corrected chi connectivity index (χ3v) is 5.69. The molecule has 6 nitrogen and oxygen atoms in total. The molecule has 0 spiro atoms. The second kappa shape index (κ2) is 8.57. The van der Waals surface area contributed by atoms with Gasteiger partial charge in [-0.1, -0.05) is 27.4 Å². The Hall–Kier alpha value is -1.99. The van der Waals surface area contributed by atoms with Crippen molar-refractivity contribution in [3.05, 3.63) is 36.7 Å². The number of amidine groups is 1. The highest BCUT2D eigenvalue weighted by Gasteiger charge is 2.25. The maximum absolute atomic E-state index is 5.73. The molecule has 1 aromatic heterocycles. The van der Waals surface area contributed by atoms with Gasteiger partial charge < -0.3 is 15.0 Å². The molecule has 2 N–H and O–H groups in total. The van der Waals surface area contributed by atoms with Crippen LogP contribution < -0.4 is 5.73 Å². The first-order chi connectivity index (χ1) is 13.3. The monoisotopic (exact) mass is 401 g/mol. The summed E-state index contributed by atoms with van der Waals surface area (Å²) in [6, 6.07) is 6.43. The van der Waals surface area contributed by atoms with Gasteiger partial charge in [-0.05, 0) is 43.0 Å². The molecule has 7 heteroatoms. The van der Waals surface area contributed by atoms with E-state index in [1.54, 1.807) is 4.41 Å². The van der Waals surface area contributed by atoms with Gasteiger partial charge >= 0.3 is 0 Å². The van der Waals surface area contributed by atoms with Gasteiger partial charge in [0.15, 0.2) is 0 Å². The van der Waals surface area contributed by atoms with Gasteiger partial charge in [-0.25, -0.2) is 9.40 Å². The molecular weight excluding hydrogens is 370 g/mol. The quantitative estimate of drug-likeness (QED) is 0.341. The predicted octanol–water partition coefficient (Wildman–Crippen LogP) is 4.16. The molecular formula is C21H31N5OS. The van der Waals surface area contributed by atoms with E-state index in [1.165, 1.54) is 23.5 Å². The predicted molar refractivity (Wildman–Crippen MR) is 117 cm³/mol. The first kappa shape index (κ1) is 20.7. The Bertz CT molecular complexity index is 862. The number of hydrazone groups is 1. The van der Waals surface area contributed by atoms with E-state index >= 15 is 0 Å². The van der Waals surface area contributed by atoms with Crippen molar-refractivity contribution in [2.75, 3.05) is 20.3 Å². The lowest BCUT2D eigenvalue weighted by Crippen LogP contribution is -2.25. The Morgan fingerprint density at radius 2 is 2.14 bits per heavy atom. The number of fused-ring (bicyclic) bond motifs is 1. The molecule has 2 aromatic rings. The fourth-order valence-corrected chi connectivity index (χ4v) is 4.22. The number of benzene rings is 1. The molecule has 0 amide bonds. The second-order valence-electron chi connectivity index (χ2n) is 8.29. The zero-order chi connectivity index (χ0) is 20.3. The van der Waals surface area contributed by atoms with Crippen LogP contribution in [0.3, 0.4) is 0 Å². The van der Waals surface area contributed by atoms with Gasteiger partial charge in [-0.2, -0.15) is 0 Å². The van der Waals surface area contributed by atoms with Gasteiger partial charge in [-0.15, -0.1) is 5.10 Å². The smallest absolute Gasteiger partial charge is 0.143 e. The topological polar surface area (TPSA) is 68.7 Å². The van der Waals surface area contributed by atoms with Gasteiger partial charge in [0.1, 0.15) is 11.7 Å². The summed E-state index contributed by atoms with van der Waals surface area (Å²) in [5.74, 6) is 2.17. The van der Waals surface area contributed by atoms with Gasteiger partial charge in [-0.3, -0.25) is 0 Å². The first-order valence-electron chi connectivity index (χ1n) is 9.74. The summed E-state index contributed by atoms with van der Waals surface area (Å²) >= 11 is 1.51. The van der Waals surface area contributed by atoms with Crippen molar-refractivity contribution in [2.45, 2.75) is 50.5 Å². The van der Waals surface area contributed by atoms with E-state index in [2.05, 4.69) is 55.2 Å². The maximum atomic E-state index is 5.73. The van der Waals surface area contributed by atoms with Crippen LogP contribution in [0.2, 0.25) is 0 Å². The fraction of sp³-hybridized carbons (Fsp3) is 0.524. The maximum Gasteiger partial charge on any atom is 0.143 e. The van der Waals surface area contributed by atoms with Crippen LogP contribution in [0.4, 0.5) is 0 Å². The van der Waals surface area contributed by atoms with Crippen LogP contribution >= 0.6 is 11.9 Å². The number of nitrogens with zero attached hydrogens (tertiary/aromatic N) is 4. The summed E-state index contributed by atoms with van der Waals surface area (Å²) in [5.41, 5.74) is 7.93. The average Bonchev–Trinajstić information content (AvgIpc) is 3.00. The third-order valence-electron chi connectivity index (χ3n) is 4.88. The van der Waals surface area contributed by atoms with Crippen molar-refractivity contribution in [3.8, 4) is 0 Å². The van der Waals surface area contributed by atoms with Crippen molar-refractivity contribution < 1.29 is 4.74 Å². The molecule has 1 aliphatic heterocycles. The molecule has 2 heterocycles. The van der Waals surface area contributed by atoms with Gasteiger partial charge in [0.05, 0.1) is 11.0 Å². The number of hydrogen-bond donors (Lipinski definition) is 1. The van der Waals surface area contributed by atoms with E-state index in [0.29, 0.717) is 11.8 Å². The normalized spacial score (nSPS) is 16.5. The lowest BCUT2D eigenvalue weighted by atomic mass is 9.94. The Balaban J connectivity index is 1.92. The number of rotatable bonds is 6. The molecule has 0 atom stereocenters. The van der Waals surface area contributed by atoms with Crippen LogP contribution in [0.5, 0.6) is 0 Å². The highest BCUT2D eigenvalue weighted by Crippen LogP contribution is 2.32. The van der Waals surface area contributed by atoms with Crippen LogP contribution in [-0.2, 0) is 16.7 Å². The van der Waals surface area contributed by atoms with Crippen molar-refractivity contribution in [1.82, 2.24) is 14.0 Å². The summed E-state index contributed by atoms with van der Waals surface area (Å²) in [4.78, 5) is 6.09. The third kappa shape index (κ3) is 4.89. The number of nitrogens with two attached hydrogens (primary N) is 1. The lowest BCUT2D eigenvalue weighted by Gasteiger charge is -2.26. The summed E-state index contributed by atoms with van der Waals surface area (Å²) in [6.07, 6.45) is 3.77. The minimum absolute atomic E-state index is 0.0169. The molecule has 0 aliphatic carbocycles. The SMILES string of the molecule is C=C/C(N)=N\N(C)Sc1ccc2c(c1)nc(C(C)(C)C)n2CC1CCOCC1. The van der Waals surface area contributed by atoms with Crippen molar-refractivity contribution in [2.24, 2.45) is 16.8 Å². The number of aromatic nitrogens is 2. The average molecular weight is 402 g/mol. The molecule has 3 rings (SSSR count). The van der Waals surface area contributed by atoms with E-state index in [-0.39, 0.29) is 5.41 Å². The minimum atomic E-state index is -0.0169. The highest BCUT2D eigenvalue weighted by molar-refractivity contribution is 7.97. The van der Waals surface area contributed by atoms with Gasteiger partial charge in [0.25, 0.3) is 0 Å². The summed E-state index contributed by atoms with van der Waals surface area (Å²) in [5, 5.41) is 4.25. The molecule has 1 saturated heterocycles. The molecule has 1 aliphatic rings. The van der Waals surface area contributed by atoms with E-state index in [4.69, 9.17) is 15.5 Å². The van der Waals surface area contributed by atoms with Gasteiger partial charge in [0.2, 0.25) is 0 Å². The van der Waals surface area contributed by atoms with Crippen LogP contribution in [-0.4, -0.2) is 40.1 Å². The Morgan fingerprint density at radius 3 is 2.79 bits per heavy atom. The second-order valence-corrected chi connectivity index (χ2v) is 9.47. The Morgan fingerprint density at radius 1 is 1.43 bits per heavy atom. The summed E-state index contributed by atoms with van der Waals surface area (Å²) in [6.45, 7) is 13.0. The first-order valence-corrected chi connectivity index (χ1v) is 10.5. The van der Waals surface area contributed by atoms with E-state index in [1.807, 2.05) is 7.05 Å². The van der Waals surface area contributed by atoms with E-state index < -0.39 is 0 Å². The molecule has 1 fully saturated rings. The number of hydrogen-bond acceptors (Lipinski definition) is 5. The summed E-state index contributed by atoms with van der Waals surface area (Å²) in [7, 11) is 1.87. The van der Waals surface area contributed by atoms with E-state index in [0.717, 1.165) is 48.8 Å². The van der Waals surface area contributed by atoms with Crippen LogP contribution in [0.25, 0.3) is 11.0 Å². The Labute approximate surface area is 172 Å². The van der Waals surface area contributed by atoms with Crippen LogP contribution in [0.1, 0.15) is 39.4 Å². The molecule has 0 bridgehead atoms. The number of imidazole rings is 1. The molecule has 0 unspecified atom stereocenters. The van der Waals surface area contributed by atoms with Crippen molar-refractivity contribution in [3.63, 3.8) is 0 Å². The lowest BCUT2D eigenvalue weighted by molar-refractivity contribution is 0.0611. The largest absolute Gasteiger partial charge is 0.382 e. The van der Waals surface area contributed by atoms with Crippen molar-refractivity contribution >= 4 is 28.8 Å². The van der Waals surface area contributed by atoms with E-state index in [9.17, 15) is 0 Å². The van der Waals surface area contributed by atoms with Crippen LogP contribution in [0, 0.1) is 5.92 Å². The fourth-order valence-electron chi connectivity index (χ4n) is 3.49. The van der Waals surface area contributed by atoms with Crippen molar-refractivity contribution in [1.29, 1.82) is 0 Å². The minimum Gasteiger partial charge on any atom is -0.382 e. The zero-order valence-corrected chi connectivity index (χ0v) is 18.1. The number of ether oxygens (including phenoxy) is 1. The molecule has 0 saturated carbocycles. The van der Waals surface area contributed by atoms with Gasteiger partial charge in [0, 0.05) is 49.1 Å². The van der Waals surface area contributed by atoms with Crippen LogP contribution in [0.15, 0.2) is 40.9 Å². The molecule has 152 valence electrons. The standard InChI is InChI=1S/C21H31N5OS/c1-6-19(22)24-25(5)28-16-7-8-18-17(13-16)23-20(21(2,3)4)26(18)14-15-9-11-27-12-10-15/h6-8,13,15H,1,9-12,14H2,2-5H3,(H2,22,24).